The Morgan fingerprint density at radius 2 is 2.10 bits per heavy atom. The van der Waals surface area contributed by atoms with Crippen molar-refractivity contribution in [2.24, 2.45) is 0 Å². The van der Waals surface area contributed by atoms with Crippen LogP contribution in [0.15, 0.2) is 42.6 Å². The van der Waals surface area contributed by atoms with Gasteiger partial charge in [0.1, 0.15) is 19.0 Å². The number of nitrogens with zero attached hydrogens (tertiary/aromatic N) is 1. The Labute approximate surface area is 126 Å². The van der Waals surface area contributed by atoms with E-state index in [4.69, 9.17) is 9.47 Å². The van der Waals surface area contributed by atoms with E-state index < -0.39 is 6.67 Å². The minimum atomic E-state index is -0.519. The minimum absolute atomic E-state index is 0.0278. The smallest absolute Gasteiger partial charge is 0.213 e. The quantitative estimate of drug-likeness (QED) is 0.703. The number of ether oxygens (including phenoxy) is 2. The Morgan fingerprint density at radius 3 is 2.90 bits per heavy atom. The first kappa shape index (κ1) is 13.8. The average molecular weight is 303 g/mol. The van der Waals surface area contributed by atoms with Gasteiger partial charge in [0.15, 0.2) is 0 Å². The van der Waals surface area contributed by atoms with Crippen LogP contribution in [-0.2, 0) is 0 Å². The number of hydrogen-bond donors (Lipinski definition) is 0. The number of pyridine rings is 1. The number of aromatic nitrogens is 1. The van der Waals surface area contributed by atoms with Gasteiger partial charge in [-0.25, -0.2) is 9.37 Å². The fourth-order valence-corrected chi connectivity index (χ4v) is 3.15. The number of rotatable bonds is 5. The molecule has 21 heavy (non-hydrogen) atoms. The molecule has 0 aliphatic rings. The molecule has 5 heteroatoms. The minimum Gasteiger partial charge on any atom is -0.497 e. The van der Waals surface area contributed by atoms with Gasteiger partial charge in [0.05, 0.1) is 7.11 Å². The molecule has 0 aliphatic heterocycles. The normalized spacial score (nSPS) is 10.8. The molecule has 1 aromatic carbocycles. The van der Waals surface area contributed by atoms with E-state index in [2.05, 4.69) is 11.1 Å². The van der Waals surface area contributed by atoms with Crippen LogP contribution in [0.3, 0.4) is 0 Å². The molecule has 3 nitrogen and oxygen atoms in total. The molecule has 0 amide bonds. The highest BCUT2D eigenvalue weighted by Gasteiger charge is 2.07. The van der Waals surface area contributed by atoms with Crippen LogP contribution in [0.4, 0.5) is 4.39 Å². The van der Waals surface area contributed by atoms with Crippen molar-refractivity contribution < 1.29 is 13.9 Å². The van der Waals surface area contributed by atoms with Gasteiger partial charge in [-0.15, -0.1) is 11.3 Å². The van der Waals surface area contributed by atoms with Crippen LogP contribution in [-0.4, -0.2) is 25.4 Å². The number of methoxy groups -OCH3 is 1. The maximum Gasteiger partial charge on any atom is 0.213 e. The second-order valence-electron chi connectivity index (χ2n) is 4.43. The zero-order chi connectivity index (χ0) is 14.7. The molecule has 2 aromatic heterocycles. The molecule has 0 saturated carbocycles. The summed E-state index contributed by atoms with van der Waals surface area (Å²) in [6.45, 7) is -0.491. The fraction of sp³-hybridized carbons (Fsp3) is 0.188. The van der Waals surface area contributed by atoms with Crippen LogP contribution < -0.4 is 9.47 Å². The third kappa shape index (κ3) is 2.97. The summed E-state index contributed by atoms with van der Waals surface area (Å²) in [6, 6.07) is 11.9. The molecule has 0 spiro atoms. The summed E-state index contributed by atoms with van der Waals surface area (Å²) in [7, 11) is 1.66. The fourth-order valence-electron chi connectivity index (χ4n) is 2.07. The Hall–Kier alpha value is -2.14. The zero-order valence-electron chi connectivity index (χ0n) is 11.5. The maximum atomic E-state index is 12.2. The molecule has 0 N–H and O–H groups in total. The Kier molecular flexibility index (Phi) is 4.01. The topological polar surface area (TPSA) is 31.4 Å². The molecule has 0 radical (unpaired) electrons. The molecule has 2 heterocycles. The van der Waals surface area contributed by atoms with Gasteiger partial charge in [0, 0.05) is 21.8 Å². The second-order valence-corrected chi connectivity index (χ2v) is 5.52. The number of hydrogen-bond acceptors (Lipinski definition) is 4. The predicted molar refractivity (Wildman–Crippen MR) is 83.1 cm³/mol. The molecular weight excluding hydrogens is 289 g/mol. The lowest BCUT2D eigenvalue weighted by Crippen LogP contribution is -2.00. The first-order valence-electron chi connectivity index (χ1n) is 6.53. The number of thiophene rings is 1. The molecule has 0 bridgehead atoms. The SMILES string of the molecule is COc1ccc2cc(-c3ccnc(OCCF)c3)sc2c1. The third-order valence-electron chi connectivity index (χ3n) is 3.07. The van der Waals surface area contributed by atoms with E-state index in [1.54, 1.807) is 24.6 Å². The van der Waals surface area contributed by atoms with Crippen LogP contribution >= 0.6 is 11.3 Å². The van der Waals surface area contributed by atoms with E-state index in [1.807, 2.05) is 30.3 Å². The van der Waals surface area contributed by atoms with Gasteiger partial charge < -0.3 is 9.47 Å². The third-order valence-corrected chi connectivity index (χ3v) is 4.22. The van der Waals surface area contributed by atoms with E-state index in [1.165, 1.54) is 5.39 Å². The van der Waals surface area contributed by atoms with Crippen molar-refractivity contribution in [2.45, 2.75) is 0 Å². The Morgan fingerprint density at radius 1 is 1.19 bits per heavy atom. The van der Waals surface area contributed by atoms with Gasteiger partial charge in [0.2, 0.25) is 5.88 Å². The molecule has 0 atom stereocenters. The molecular formula is C16H14FNO2S. The van der Waals surface area contributed by atoms with E-state index in [-0.39, 0.29) is 6.61 Å². The van der Waals surface area contributed by atoms with E-state index in [0.717, 1.165) is 20.9 Å². The molecule has 108 valence electrons. The van der Waals surface area contributed by atoms with Crippen LogP contribution in [0.5, 0.6) is 11.6 Å². The highest BCUT2D eigenvalue weighted by Crippen LogP contribution is 2.35. The number of alkyl halides is 1. The van der Waals surface area contributed by atoms with Gasteiger partial charge in [-0.1, -0.05) is 0 Å². The van der Waals surface area contributed by atoms with Crippen LogP contribution in [0.25, 0.3) is 20.5 Å². The van der Waals surface area contributed by atoms with Crippen molar-refractivity contribution in [2.75, 3.05) is 20.4 Å². The summed E-state index contributed by atoms with van der Waals surface area (Å²) in [4.78, 5) is 5.20. The van der Waals surface area contributed by atoms with E-state index >= 15 is 0 Å². The Bertz CT molecular complexity index is 757. The molecule has 0 fully saturated rings. The molecule has 3 rings (SSSR count). The number of benzene rings is 1. The van der Waals surface area contributed by atoms with Crippen molar-refractivity contribution in [1.29, 1.82) is 0 Å². The van der Waals surface area contributed by atoms with Gasteiger partial charge in [-0.3, -0.25) is 0 Å². The van der Waals surface area contributed by atoms with Crippen molar-refractivity contribution in [3.05, 3.63) is 42.6 Å². The molecule has 3 aromatic rings. The monoisotopic (exact) mass is 303 g/mol. The summed E-state index contributed by atoms with van der Waals surface area (Å²) in [5.41, 5.74) is 1.01. The number of fused-ring (bicyclic) bond motifs is 1. The average Bonchev–Trinajstić information content (AvgIpc) is 2.96. The van der Waals surface area contributed by atoms with Crippen LogP contribution in [0, 0.1) is 0 Å². The molecule has 0 aliphatic carbocycles. The van der Waals surface area contributed by atoms with E-state index in [0.29, 0.717) is 5.88 Å². The lowest BCUT2D eigenvalue weighted by atomic mass is 10.2. The van der Waals surface area contributed by atoms with E-state index in [9.17, 15) is 4.39 Å². The summed E-state index contributed by atoms with van der Waals surface area (Å²) >= 11 is 1.68. The first-order valence-corrected chi connectivity index (χ1v) is 7.34. The Balaban J connectivity index is 1.96. The van der Waals surface area contributed by atoms with Crippen molar-refractivity contribution >= 4 is 21.4 Å². The number of halogens is 1. The summed E-state index contributed by atoms with van der Waals surface area (Å²) in [6.07, 6.45) is 1.67. The molecule has 0 saturated heterocycles. The lowest BCUT2D eigenvalue weighted by molar-refractivity contribution is 0.264. The van der Waals surface area contributed by atoms with Crippen LogP contribution in [0.2, 0.25) is 0 Å². The van der Waals surface area contributed by atoms with Gasteiger partial charge in [-0.2, -0.15) is 0 Å². The highest BCUT2D eigenvalue weighted by molar-refractivity contribution is 7.22. The van der Waals surface area contributed by atoms with Gasteiger partial charge in [0.25, 0.3) is 0 Å². The van der Waals surface area contributed by atoms with Crippen molar-refractivity contribution in [3.63, 3.8) is 0 Å². The van der Waals surface area contributed by atoms with Gasteiger partial charge in [-0.05, 0) is 41.3 Å². The second kappa shape index (κ2) is 6.10. The van der Waals surface area contributed by atoms with Gasteiger partial charge >= 0.3 is 0 Å². The standard InChI is InChI=1S/C16H14FNO2S/c1-19-13-3-2-11-8-14(21-15(11)10-13)12-4-6-18-16(9-12)20-7-5-17/h2-4,6,8-10H,5,7H2,1H3. The highest BCUT2D eigenvalue weighted by atomic mass is 32.1. The van der Waals surface area contributed by atoms with Crippen LogP contribution in [0.1, 0.15) is 0 Å². The summed E-state index contributed by atoms with van der Waals surface area (Å²) < 4.78 is 23.8. The summed E-state index contributed by atoms with van der Waals surface area (Å²) in [5, 5.41) is 1.17. The lowest BCUT2D eigenvalue weighted by Gasteiger charge is -2.03. The van der Waals surface area contributed by atoms with Crippen molar-refractivity contribution in [3.8, 4) is 22.1 Å². The summed E-state index contributed by atoms with van der Waals surface area (Å²) in [5.74, 6) is 1.29. The maximum absolute atomic E-state index is 12.2. The first-order chi connectivity index (χ1) is 10.3. The molecule has 0 unspecified atom stereocenters. The largest absolute Gasteiger partial charge is 0.497 e. The zero-order valence-corrected chi connectivity index (χ0v) is 12.3. The predicted octanol–water partition coefficient (Wildman–Crippen LogP) is 4.32. The van der Waals surface area contributed by atoms with Crippen molar-refractivity contribution in [1.82, 2.24) is 4.98 Å².